The average molecular weight is 284 g/mol. The molecule has 1 atom stereocenters. The Morgan fingerprint density at radius 1 is 1.42 bits per heavy atom. The third-order valence-corrected chi connectivity index (χ3v) is 3.41. The normalized spacial score (nSPS) is 11.7. The highest BCUT2D eigenvalue weighted by Crippen LogP contribution is 2.21. The first-order chi connectivity index (χ1) is 8.93. The quantitative estimate of drug-likeness (QED) is 0.662. The van der Waals surface area contributed by atoms with Gasteiger partial charge in [-0.25, -0.2) is 9.59 Å². The minimum atomic E-state index is -1.22. The maximum absolute atomic E-state index is 11.5. The number of rotatable bonds is 5. The monoisotopic (exact) mass is 284 g/mol. The van der Waals surface area contributed by atoms with E-state index in [4.69, 9.17) is 5.11 Å². The van der Waals surface area contributed by atoms with Gasteiger partial charge < -0.3 is 20.8 Å². The van der Waals surface area contributed by atoms with Gasteiger partial charge >= 0.3 is 12.0 Å². The number of aromatic hydroxyl groups is 1. The summed E-state index contributed by atoms with van der Waals surface area (Å²) in [6, 6.07) is 3.45. The van der Waals surface area contributed by atoms with E-state index >= 15 is 0 Å². The zero-order valence-corrected chi connectivity index (χ0v) is 11.5. The second-order valence-electron chi connectivity index (χ2n) is 3.92. The van der Waals surface area contributed by atoms with E-state index in [9.17, 15) is 14.7 Å². The number of phenols is 1. The largest absolute Gasteiger partial charge is 0.507 e. The van der Waals surface area contributed by atoms with Crippen LogP contribution in [0.3, 0.4) is 0 Å². The first-order valence-corrected chi connectivity index (χ1v) is 6.86. The van der Waals surface area contributed by atoms with Gasteiger partial charge in [0.05, 0.1) is 0 Å². The lowest BCUT2D eigenvalue weighted by atomic mass is 10.2. The van der Waals surface area contributed by atoms with Crippen molar-refractivity contribution in [3.05, 3.63) is 23.8 Å². The molecular weight excluding hydrogens is 268 g/mol. The number of anilines is 1. The van der Waals surface area contributed by atoms with E-state index in [0.29, 0.717) is 17.5 Å². The van der Waals surface area contributed by atoms with Crippen molar-refractivity contribution in [1.29, 1.82) is 0 Å². The van der Waals surface area contributed by atoms with Crippen LogP contribution in [0.1, 0.15) is 17.3 Å². The van der Waals surface area contributed by atoms with Gasteiger partial charge in [0.25, 0.3) is 0 Å². The minimum Gasteiger partial charge on any atom is -0.507 e. The van der Waals surface area contributed by atoms with Gasteiger partial charge in [0.15, 0.2) is 0 Å². The van der Waals surface area contributed by atoms with Crippen LogP contribution in [0.4, 0.5) is 10.5 Å². The zero-order valence-electron chi connectivity index (χ0n) is 10.6. The number of urea groups is 1. The molecule has 0 radical (unpaired) electrons. The Kier molecular flexibility index (Phi) is 5.50. The molecule has 6 nitrogen and oxygen atoms in total. The van der Waals surface area contributed by atoms with Gasteiger partial charge in [-0.05, 0) is 18.4 Å². The van der Waals surface area contributed by atoms with Crippen LogP contribution < -0.4 is 10.6 Å². The number of carbonyl (C=O) groups excluding carboxylic acids is 1. The van der Waals surface area contributed by atoms with Crippen LogP contribution in [0.2, 0.25) is 0 Å². The number of hydrogen-bond acceptors (Lipinski definition) is 4. The number of aromatic carboxylic acids is 1. The van der Waals surface area contributed by atoms with Gasteiger partial charge in [-0.2, -0.15) is 11.8 Å². The summed E-state index contributed by atoms with van der Waals surface area (Å²) in [5.74, 6) is -1.61. The summed E-state index contributed by atoms with van der Waals surface area (Å²) in [4.78, 5) is 22.2. The Labute approximate surface area is 115 Å². The van der Waals surface area contributed by atoms with Gasteiger partial charge in [-0.1, -0.05) is 6.92 Å². The van der Waals surface area contributed by atoms with Crippen LogP contribution in [0.5, 0.6) is 5.75 Å². The third-order valence-electron chi connectivity index (χ3n) is 2.44. The number of nitrogens with one attached hydrogen (secondary N) is 2. The predicted molar refractivity (Wildman–Crippen MR) is 75.1 cm³/mol. The summed E-state index contributed by atoms with van der Waals surface area (Å²) in [6.07, 6.45) is 1.95. The molecule has 0 aliphatic heterocycles. The summed E-state index contributed by atoms with van der Waals surface area (Å²) >= 11 is 1.63. The standard InChI is InChI=1S/C12H16N2O4S/c1-7(19-2)6-13-12(18)14-8-3-4-9(11(16)17)10(15)5-8/h3-5,7,15H,6H2,1-2H3,(H,16,17)(H2,13,14,18). The zero-order chi connectivity index (χ0) is 14.4. The summed E-state index contributed by atoms with van der Waals surface area (Å²) in [7, 11) is 0. The minimum absolute atomic E-state index is 0.207. The Morgan fingerprint density at radius 3 is 2.63 bits per heavy atom. The molecule has 1 rings (SSSR count). The maximum atomic E-state index is 11.5. The van der Waals surface area contributed by atoms with Crippen LogP contribution in [0, 0.1) is 0 Å². The predicted octanol–water partition coefficient (Wildman–Crippen LogP) is 1.96. The van der Waals surface area contributed by atoms with E-state index in [1.165, 1.54) is 18.2 Å². The molecule has 1 unspecified atom stereocenters. The Balaban J connectivity index is 2.60. The summed E-state index contributed by atoms with van der Waals surface area (Å²) in [5, 5.41) is 23.7. The Morgan fingerprint density at radius 2 is 2.11 bits per heavy atom. The van der Waals surface area contributed by atoms with E-state index < -0.39 is 12.0 Å². The fourth-order valence-electron chi connectivity index (χ4n) is 1.29. The van der Waals surface area contributed by atoms with Gasteiger partial charge in [-0.15, -0.1) is 0 Å². The molecule has 0 aliphatic carbocycles. The molecule has 0 aliphatic rings. The number of benzene rings is 1. The lowest BCUT2D eigenvalue weighted by Gasteiger charge is -2.11. The number of amides is 2. The van der Waals surface area contributed by atoms with E-state index in [1.54, 1.807) is 11.8 Å². The van der Waals surface area contributed by atoms with Crippen molar-refractivity contribution in [1.82, 2.24) is 5.32 Å². The van der Waals surface area contributed by atoms with E-state index in [-0.39, 0.29) is 11.3 Å². The molecule has 0 aromatic heterocycles. The second-order valence-corrected chi connectivity index (χ2v) is 5.19. The van der Waals surface area contributed by atoms with Crippen molar-refractivity contribution in [3.63, 3.8) is 0 Å². The molecule has 104 valence electrons. The van der Waals surface area contributed by atoms with E-state index in [1.807, 2.05) is 13.2 Å². The Bertz CT molecular complexity index is 479. The second kappa shape index (κ2) is 6.89. The van der Waals surface area contributed by atoms with Gasteiger partial charge in [0, 0.05) is 23.5 Å². The van der Waals surface area contributed by atoms with Crippen molar-refractivity contribution in [3.8, 4) is 5.75 Å². The molecule has 0 fully saturated rings. The lowest BCUT2D eigenvalue weighted by molar-refractivity contribution is 0.0694. The highest BCUT2D eigenvalue weighted by molar-refractivity contribution is 7.99. The molecule has 7 heteroatoms. The van der Waals surface area contributed by atoms with Crippen molar-refractivity contribution in [2.45, 2.75) is 12.2 Å². The first kappa shape index (κ1) is 15.2. The summed E-state index contributed by atoms with van der Waals surface area (Å²) in [6.45, 7) is 2.50. The summed E-state index contributed by atoms with van der Waals surface area (Å²) in [5.41, 5.74) is 0.124. The molecule has 4 N–H and O–H groups in total. The van der Waals surface area contributed by atoms with Gasteiger partial charge in [0.1, 0.15) is 11.3 Å². The van der Waals surface area contributed by atoms with Crippen molar-refractivity contribution in [2.24, 2.45) is 0 Å². The average Bonchev–Trinajstić information content (AvgIpc) is 2.35. The lowest BCUT2D eigenvalue weighted by Crippen LogP contribution is -2.33. The fraction of sp³-hybridized carbons (Fsp3) is 0.333. The van der Waals surface area contributed by atoms with E-state index in [2.05, 4.69) is 10.6 Å². The molecule has 0 saturated carbocycles. The molecule has 0 heterocycles. The van der Waals surface area contributed by atoms with Crippen LogP contribution in [-0.4, -0.2) is 40.3 Å². The molecule has 19 heavy (non-hydrogen) atoms. The fourth-order valence-corrected chi connectivity index (χ4v) is 1.54. The van der Waals surface area contributed by atoms with Crippen LogP contribution in [0.15, 0.2) is 18.2 Å². The van der Waals surface area contributed by atoms with Crippen LogP contribution in [0.25, 0.3) is 0 Å². The Hall–Kier alpha value is -1.89. The number of thioether (sulfide) groups is 1. The molecule has 1 aromatic rings. The first-order valence-electron chi connectivity index (χ1n) is 5.58. The highest BCUT2D eigenvalue weighted by Gasteiger charge is 2.11. The topological polar surface area (TPSA) is 98.7 Å². The molecule has 2 amide bonds. The molecule has 0 saturated heterocycles. The molecule has 0 bridgehead atoms. The van der Waals surface area contributed by atoms with Gasteiger partial charge in [0.2, 0.25) is 0 Å². The van der Waals surface area contributed by atoms with Crippen LogP contribution >= 0.6 is 11.8 Å². The van der Waals surface area contributed by atoms with Gasteiger partial charge in [-0.3, -0.25) is 0 Å². The van der Waals surface area contributed by atoms with Crippen molar-refractivity contribution in [2.75, 3.05) is 18.1 Å². The third kappa shape index (κ3) is 4.70. The smallest absolute Gasteiger partial charge is 0.339 e. The number of hydrogen-bond donors (Lipinski definition) is 4. The number of carbonyl (C=O) groups is 2. The maximum Gasteiger partial charge on any atom is 0.339 e. The molecular formula is C12H16N2O4S. The van der Waals surface area contributed by atoms with E-state index in [0.717, 1.165) is 0 Å². The highest BCUT2D eigenvalue weighted by atomic mass is 32.2. The molecule has 0 spiro atoms. The van der Waals surface area contributed by atoms with Crippen molar-refractivity contribution >= 4 is 29.4 Å². The number of carboxylic acid groups (broad SMARTS) is 1. The van der Waals surface area contributed by atoms with Crippen molar-refractivity contribution < 1.29 is 19.8 Å². The van der Waals surface area contributed by atoms with Crippen LogP contribution in [-0.2, 0) is 0 Å². The molecule has 1 aromatic carbocycles. The summed E-state index contributed by atoms with van der Waals surface area (Å²) < 4.78 is 0. The SMILES string of the molecule is CSC(C)CNC(=O)Nc1ccc(C(=O)O)c(O)c1. The number of carboxylic acids is 1.